The highest BCUT2D eigenvalue weighted by Crippen LogP contribution is 2.33. The van der Waals surface area contributed by atoms with Gasteiger partial charge in [-0.3, -0.25) is 4.79 Å². The monoisotopic (exact) mass is 336 g/mol. The summed E-state index contributed by atoms with van der Waals surface area (Å²) in [6, 6.07) is 6.28. The molecule has 4 heteroatoms. The van der Waals surface area contributed by atoms with E-state index in [9.17, 15) is 4.79 Å². The number of carbonyl (C=O) groups excluding carboxylic acids is 1. The Morgan fingerprint density at radius 2 is 2.00 bits per heavy atom. The molecule has 0 spiro atoms. The van der Waals surface area contributed by atoms with Gasteiger partial charge in [-0.25, -0.2) is 0 Å². The summed E-state index contributed by atoms with van der Waals surface area (Å²) in [6.07, 6.45) is 9.59. The summed E-state index contributed by atoms with van der Waals surface area (Å²) in [5.41, 5.74) is 9.27. The summed E-state index contributed by atoms with van der Waals surface area (Å²) >= 11 is 0. The minimum atomic E-state index is 0. The molecule has 2 aliphatic carbocycles. The Morgan fingerprint density at radius 3 is 2.74 bits per heavy atom. The molecule has 128 valence electrons. The molecule has 0 aromatic heterocycles. The fourth-order valence-electron chi connectivity index (χ4n) is 4.15. The summed E-state index contributed by atoms with van der Waals surface area (Å²) in [5, 5.41) is 3.29. The van der Waals surface area contributed by atoms with Crippen LogP contribution in [-0.4, -0.2) is 5.91 Å². The number of aryl methyl sites for hydroxylation is 1. The Kier molecular flexibility index (Phi) is 6.34. The summed E-state index contributed by atoms with van der Waals surface area (Å²) in [7, 11) is 0. The van der Waals surface area contributed by atoms with E-state index in [0.29, 0.717) is 0 Å². The lowest BCUT2D eigenvalue weighted by atomic mass is 9.86. The number of hydrogen-bond acceptors (Lipinski definition) is 2. The second-order valence-electron chi connectivity index (χ2n) is 7.20. The largest absolute Gasteiger partial charge is 0.399 e. The standard InChI is InChI=1S/C19H28N2O.ClH/c1-13(11-14-5-2-3-6-14)19(22)21-18-8-4-7-15-12-16(20)9-10-17(15)18;/h9-10,12-14,18H,2-8,11,20H2,1H3,(H,21,22);1H. The van der Waals surface area contributed by atoms with Crippen LogP contribution in [-0.2, 0) is 11.2 Å². The molecule has 1 aromatic rings. The maximum absolute atomic E-state index is 12.5. The van der Waals surface area contributed by atoms with Crippen LogP contribution in [0.15, 0.2) is 18.2 Å². The van der Waals surface area contributed by atoms with Crippen LogP contribution >= 0.6 is 12.4 Å². The number of anilines is 1. The number of benzene rings is 1. The Morgan fingerprint density at radius 1 is 1.26 bits per heavy atom. The van der Waals surface area contributed by atoms with Crippen LogP contribution in [0.3, 0.4) is 0 Å². The molecule has 2 atom stereocenters. The molecule has 0 saturated heterocycles. The van der Waals surface area contributed by atoms with Gasteiger partial charge >= 0.3 is 0 Å². The topological polar surface area (TPSA) is 55.1 Å². The molecule has 1 amide bonds. The first kappa shape index (κ1) is 18.1. The van der Waals surface area contributed by atoms with Gasteiger partial charge in [0.05, 0.1) is 6.04 Å². The number of nitrogens with one attached hydrogen (secondary N) is 1. The van der Waals surface area contributed by atoms with Crippen LogP contribution in [0.25, 0.3) is 0 Å². The van der Waals surface area contributed by atoms with Gasteiger partial charge in [0.25, 0.3) is 0 Å². The third-order valence-electron chi connectivity index (χ3n) is 5.41. The fraction of sp³-hybridized carbons (Fsp3) is 0.632. The number of nitrogen functional groups attached to an aromatic ring is 1. The van der Waals surface area contributed by atoms with Crippen molar-refractivity contribution in [3.63, 3.8) is 0 Å². The van der Waals surface area contributed by atoms with Crippen LogP contribution in [0, 0.1) is 11.8 Å². The molecule has 0 radical (unpaired) electrons. The maximum Gasteiger partial charge on any atom is 0.223 e. The lowest BCUT2D eigenvalue weighted by Gasteiger charge is -2.28. The predicted octanol–water partition coefficient (Wildman–Crippen LogP) is 4.40. The molecule has 1 saturated carbocycles. The van der Waals surface area contributed by atoms with Crippen molar-refractivity contribution in [1.82, 2.24) is 5.32 Å². The highest BCUT2D eigenvalue weighted by Gasteiger charge is 2.26. The van der Waals surface area contributed by atoms with Gasteiger partial charge in [-0.1, -0.05) is 38.7 Å². The molecule has 2 aliphatic rings. The van der Waals surface area contributed by atoms with Gasteiger partial charge in [0.15, 0.2) is 0 Å². The van der Waals surface area contributed by atoms with Crippen molar-refractivity contribution in [2.75, 3.05) is 5.73 Å². The van der Waals surface area contributed by atoms with Crippen molar-refractivity contribution in [2.45, 2.75) is 64.3 Å². The van der Waals surface area contributed by atoms with Crippen molar-refractivity contribution in [2.24, 2.45) is 11.8 Å². The molecule has 0 heterocycles. The van der Waals surface area contributed by atoms with E-state index in [-0.39, 0.29) is 30.3 Å². The summed E-state index contributed by atoms with van der Waals surface area (Å²) in [4.78, 5) is 12.5. The predicted molar refractivity (Wildman–Crippen MR) is 97.7 cm³/mol. The highest BCUT2D eigenvalue weighted by atomic mass is 35.5. The van der Waals surface area contributed by atoms with Crippen LogP contribution in [0.5, 0.6) is 0 Å². The van der Waals surface area contributed by atoms with Gasteiger partial charge in [-0.05, 0) is 54.9 Å². The van der Waals surface area contributed by atoms with E-state index in [0.717, 1.165) is 37.3 Å². The van der Waals surface area contributed by atoms with E-state index in [1.165, 1.54) is 36.8 Å². The Balaban J connectivity index is 0.00000192. The van der Waals surface area contributed by atoms with E-state index < -0.39 is 0 Å². The number of rotatable bonds is 4. The lowest BCUT2D eigenvalue weighted by Crippen LogP contribution is -2.35. The third-order valence-corrected chi connectivity index (χ3v) is 5.41. The van der Waals surface area contributed by atoms with Gasteiger partial charge in [0.2, 0.25) is 5.91 Å². The second kappa shape index (κ2) is 8.05. The van der Waals surface area contributed by atoms with Gasteiger partial charge < -0.3 is 11.1 Å². The smallest absolute Gasteiger partial charge is 0.223 e. The minimum absolute atomic E-state index is 0. The fourth-order valence-corrected chi connectivity index (χ4v) is 4.15. The quantitative estimate of drug-likeness (QED) is 0.800. The molecule has 1 aromatic carbocycles. The molecule has 3 N–H and O–H groups in total. The van der Waals surface area contributed by atoms with Gasteiger partial charge in [0.1, 0.15) is 0 Å². The van der Waals surface area contributed by atoms with Crippen LogP contribution < -0.4 is 11.1 Å². The normalized spacial score (nSPS) is 22.0. The van der Waals surface area contributed by atoms with Crippen LogP contribution in [0.1, 0.15) is 69.0 Å². The SMILES string of the molecule is CC(CC1CCCC1)C(=O)NC1CCCc2cc(N)ccc21.Cl. The van der Waals surface area contributed by atoms with Gasteiger partial charge in [-0.15, -0.1) is 12.4 Å². The average Bonchev–Trinajstić information content (AvgIpc) is 3.00. The van der Waals surface area contributed by atoms with E-state index in [4.69, 9.17) is 5.73 Å². The zero-order chi connectivity index (χ0) is 15.5. The number of fused-ring (bicyclic) bond motifs is 1. The number of nitrogens with two attached hydrogens (primary N) is 1. The van der Waals surface area contributed by atoms with Crippen molar-refractivity contribution < 1.29 is 4.79 Å². The molecular formula is C19H29ClN2O. The Bertz CT molecular complexity index is 540. The molecule has 3 rings (SSSR count). The zero-order valence-electron chi connectivity index (χ0n) is 14.0. The maximum atomic E-state index is 12.5. The molecule has 2 unspecified atom stereocenters. The average molecular weight is 337 g/mol. The Labute approximate surface area is 145 Å². The number of hydrogen-bond donors (Lipinski definition) is 2. The van der Waals surface area contributed by atoms with Crippen molar-refractivity contribution >= 4 is 24.0 Å². The van der Waals surface area contributed by atoms with Gasteiger partial charge in [-0.2, -0.15) is 0 Å². The number of carbonyl (C=O) groups is 1. The van der Waals surface area contributed by atoms with E-state index >= 15 is 0 Å². The van der Waals surface area contributed by atoms with Crippen LogP contribution in [0.2, 0.25) is 0 Å². The molecule has 23 heavy (non-hydrogen) atoms. The molecule has 3 nitrogen and oxygen atoms in total. The van der Waals surface area contributed by atoms with Crippen molar-refractivity contribution in [1.29, 1.82) is 0 Å². The Hall–Kier alpha value is -1.22. The molecule has 0 bridgehead atoms. The summed E-state index contributed by atoms with van der Waals surface area (Å²) in [5.74, 6) is 1.11. The van der Waals surface area contributed by atoms with E-state index in [1.807, 2.05) is 6.07 Å². The number of halogens is 1. The third kappa shape index (κ3) is 4.41. The van der Waals surface area contributed by atoms with Gasteiger partial charge in [0, 0.05) is 11.6 Å². The first-order valence-corrected chi connectivity index (χ1v) is 8.82. The highest BCUT2D eigenvalue weighted by molar-refractivity contribution is 5.85. The molecular weight excluding hydrogens is 308 g/mol. The second-order valence-corrected chi connectivity index (χ2v) is 7.20. The minimum Gasteiger partial charge on any atom is -0.399 e. The lowest BCUT2D eigenvalue weighted by molar-refractivity contribution is -0.125. The summed E-state index contributed by atoms with van der Waals surface area (Å²) < 4.78 is 0. The first-order chi connectivity index (χ1) is 10.6. The molecule has 0 aliphatic heterocycles. The van der Waals surface area contributed by atoms with Crippen molar-refractivity contribution in [3.8, 4) is 0 Å². The first-order valence-electron chi connectivity index (χ1n) is 8.82. The van der Waals surface area contributed by atoms with E-state index in [1.54, 1.807) is 0 Å². The number of amides is 1. The van der Waals surface area contributed by atoms with E-state index in [2.05, 4.69) is 24.4 Å². The van der Waals surface area contributed by atoms with Crippen molar-refractivity contribution in [3.05, 3.63) is 29.3 Å². The zero-order valence-corrected chi connectivity index (χ0v) is 14.8. The molecule has 1 fully saturated rings. The summed E-state index contributed by atoms with van der Waals surface area (Å²) in [6.45, 7) is 2.08. The van der Waals surface area contributed by atoms with Crippen LogP contribution in [0.4, 0.5) is 5.69 Å².